The number of aryl methyl sites for hydroxylation is 2. The van der Waals surface area contributed by atoms with Crippen molar-refractivity contribution in [1.82, 2.24) is 5.43 Å². The van der Waals surface area contributed by atoms with Gasteiger partial charge in [0, 0.05) is 0 Å². The van der Waals surface area contributed by atoms with Gasteiger partial charge in [-0.3, -0.25) is 4.79 Å². The maximum atomic E-state index is 12.0. The molecular formula is C22H28N2O4. The minimum absolute atomic E-state index is 0.101. The maximum absolute atomic E-state index is 12.0. The second kappa shape index (κ2) is 10.3. The minimum atomic E-state index is -0.326. The summed E-state index contributed by atoms with van der Waals surface area (Å²) in [5.41, 5.74) is 6.43. The van der Waals surface area contributed by atoms with Crippen LogP contribution in [0.3, 0.4) is 0 Å². The van der Waals surface area contributed by atoms with E-state index in [1.807, 2.05) is 65.0 Å². The van der Waals surface area contributed by atoms with Gasteiger partial charge in [-0.2, -0.15) is 5.10 Å². The van der Waals surface area contributed by atoms with Gasteiger partial charge in [0.05, 0.1) is 19.4 Å². The number of hydrogen-bond donors (Lipinski definition) is 1. The van der Waals surface area contributed by atoms with E-state index in [-0.39, 0.29) is 12.5 Å². The van der Waals surface area contributed by atoms with Crippen molar-refractivity contribution in [3.63, 3.8) is 0 Å². The molecule has 6 nitrogen and oxygen atoms in total. The monoisotopic (exact) mass is 384 g/mol. The molecule has 28 heavy (non-hydrogen) atoms. The number of nitrogens with one attached hydrogen (secondary N) is 1. The molecule has 2 rings (SSSR count). The van der Waals surface area contributed by atoms with Gasteiger partial charge in [0.25, 0.3) is 5.91 Å². The number of amides is 1. The highest BCUT2D eigenvalue weighted by Crippen LogP contribution is 2.28. The average molecular weight is 384 g/mol. The molecule has 0 aromatic heterocycles. The number of carbonyl (C=O) groups excluding carboxylic acids is 1. The number of carbonyl (C=O) groups is 1. The molecule has 0 fully saturated rings. The van der Waals surface area contributed by atoms with E-state index in [0.29, 0.717) is 24.7 Å². The summed E-state index contributed by atoms with van der Waals surface area (Å²) in [7, 11) is 0. The van der Waals surface area contributed by atoms with Crippen LogP contribution >= 0.6 is 0 Å². The molecule has 0 aliphatic rings. The van der Waals surface area contributed by atoms with Crippen molar-refractivity contribution >= 4 is 12.1 Å². The summed E-state index contributed by atoms with van der Waals surface area (Å²) in [6.45, 7) is 10.8. The lowest BCUT2D eigenvalue weighted by Crippen LogP contribution is -2.25. The Morgan fingerprint density at radius 3 is 2.36 bits per heavy atom. The number of ether oxygens (including phenoxy) is 3. The van der Waals surface area contributed by atoms with Crippen molar-refractivity contribution in [2.24, 2.45) is 5.10 Å². The molecule has 0 aliphatic heterocycles. The summed E-state index contributed by atoms with van der Waals surface area (Å²) in [6.07, 6.45) is 1.55. The predicted octanol–water partition coefficient (Wildman–Crippen LogP) is 3.94. The van der Waals surface area contributed by atoms with Gasteiger partial charge in [-0.1, -0.05) is 12.1 Å². The molecule has 0 atom stereocenters. The predicted molar refractivity (Wildman–Crippen MR) is 111 cm³/mol. The van der Waals surface area contributed by atoms with E-state index < -0.39 is 0 Å². The highest BCUT2D eigenvalue weighted by atomic mass is 16.5. The van der Waals surface area contributed by atoms with E-state index in [4.69, 9.17) is 14.2 Å². The van der Waals surface area contributed by atoms with Crippen molar-refractivity contribution in [3.05, 3.63) is 52.6 Å². The topological polar surface area (TPSA) is 69.2 Å². The maximum Gasteiger partial charge on any atom is 0.277 e. The van der Waals surface area contributed by atoms with Crippen molar-refractivity contribution in [2.45, 2.75) is 34.6 Å². The molecular weight excluding hydrogens is 356 g/mol. The molecule has 150 valence electrons. The molecule has 0 bridgehead atoms. The fourth-order valence-corrected chi connectivity index (χ4v) is 2.64. The third-order valence-electron chi connectivity index (χ3n) is 4.19. The zero-order valence-corrected chi connectivity index (χ0v) is 17.2. The molecule has 0 saturated carbocycles. The minimum Gasteiger partial charge on any atom is -0.490 e. The van der Waals surface area contributed by atoms with E-state index >= 15 is 0 Å². The molecule has 0 aliphatic carbocycles. The van der Waals surface area contributed by atoms with Crippen LogP contribution in [0.5, 0.6) is 17.2 Å². The Morgan fingerprint density at radius 2 is 1.64 bits per heavy atom. The second-order valence-corrected chi connectivity index (χ2v) is 6.31. The molecule has 1 N–H and O–H groups in total. The lowest BCUT2D eigenvalue weighted by molar-refractivity contribution is -0.123. The largest absolute Gasteiger partial charge is 0.490 e. The van der Waals surface area contributed by atoms with Crippen LogP contribution in [0.15, 0.2) is 35.4 Å². The summed E-state index contributed by atoms with van der Waals surface area (Å²) >= 11 is 0. The van der Waals surface area contributed by atoms with Gasteiger partial charge < -0.3 is 14.2 Å². The molecule has 0 heterocycles. The Morgan fingerprint density at radius 1 is 0.964 bits per heavy atom. The number of rotatable bonds is 9. The van der Waals surface area contributed by atoms with Crippen molar-refractivity contribution in [1.29, 1.82) is 0 Å². The van der Waals surface area contributed by atoms with E-state index in [9.17, 15) is 4.79 Å². The first-order valence-corrected chi connectivity index (χ1v) is 9.37. The van der Waals surface area contributed by atoms with Crippen LogP contribution in [0.4, 0.5) is 0 Å². The van der Waals surface area contributed by atoms with Gasteiger partial charge in [0.15, 0.2) is 18.1 Å². The lowest BCUT2D eigenvalue weighted by Gasteiger charge is -2.13. The zero-order valence-electron chi connectivity index (χ0n) is 17.2. The average Bonchev–Trinajstić information content (AvgIpc) is 2.67. The summed E-state index contributed by atoms with van der Waals surface area (Å²) in [5, 5.41) is 3.99. The second-order valence-electron chi connectivity index (χ2n) is 6.31. The standard InChI is InChI=1S/C22H28N2O4/c1-6-26-19-11-10-18(12-20(19)27-7-2)13-23-24-21(25)14-28-22-16(4)9-8-15(3)17(22)5/h8-13H,6-7,14H2,1-5H3,(H,24,25)/b23-13+. The van der Waals surface area contributed by atoms with Crippen LogP contribution in [0.2, 0.25) is 0 Å². The highest BCUT2D eigenvalue weighted by Gasteiger charge is 2.09. The lowest BCUT2D eigenvalue weighted by atomic mass is 10.1. The Balaban J connectivity index is 1.94. The molecule has 2 aromatic carbocycles. The molecule has 0 saturated heterocycles. The van der Waals surface area contributed by atoms with Crippen molar-refractivity contribution in [2.75, 3.05) is 19.8 Å². The van der Waals surface area contributed by atoms with E-state index in [1.54, 1.807) is 6.21 Å². The van der Waals surface area contributed by atoms with Crippen LogP contribution in [-0.4, -0.2) is 31.9 Å². The van der Waals surface area contributed by atoms with Gasteiger partial charge in [0.1, 0.15) is 5.75 Å². The van der Waals surface area contributed by atoms with Gasteiger partial charge >= 0.3 is 0 Å². The Kier molecular flexibility index (Phi) is 7.87. The first-order valence-electron chi connectivity index (χ1n) is 9.37. The van der Waals surface area contributed by atoms with Crippen LogP contribution in [0.1, 0.15) is 36.1 Å². The van der Waals surface area contributed by atoms with Gasteiger partial charge in [-0.05, 0) is 75.1 Å². The van der Waals surface area contributed by atoms with E-state index in [2.05, 4.69) is 10.5 Å². The first kappa shape index (κ1) is 21.3. The number of hydrogen-bond acceptors (Lipinski definition) is 5. The van der Waals surface area contributed by atoms with Crippen molar-refractivity contribution in [3.8, 4) is 17.2 Å². The molecule has 2 aromatic rings. The molecule has 0 spiro atoms. The third kappa shape index (κ3) is 5.74. The van der Waals surface area contributed by atoms with Gasteiger partial charge in [0.2, 0.25) is 0 Å². The molecule has 1 amide bonds. The summed E-state index contributed by atoms with van der Waals surface area (Å²) in [5.74, 6) is 1.75. The molecule has 6 heteroatoms. The molecule has 0 radical (unpaired) electrons. The van der Waals surface area contributed by atoms with Crippen molar-refractivity contribution < 1.29 is 19.0 Å². The smallest absolute Gasteiger partial charge is 0.277 e. The Bertz CT molecular complexity index is 847. The Hall–Kier alpha value is -3.02. The summed E-state index contributed by atoms with van der Waals surface area (Å²) in [6, 6.07) is 9.51. The van der Waals surface area contributed by atoms with Crippen LogP contribution in [0, 0.1) is 20.8 Å². The quantitative estimate of drug-likeness (QED) is 0.525. The van der Waals surface area contributed by atoms with Gasteiger partial charge in [-0.25, -0.2) is 5.43 Å². The third-order valence-corrected chi connectivity index (χ3v) is 4.19. The SMILES string of the molecule is CCOc1ccc(/C=N/NC(=O)COc2c(C)ccc(C)c2C)cc1OCC. The fraction of sp³-hybridized carbons (Fsp3) is 0.364. The number of benzene rings is 2. The number of nitrogens with zero attached hydrogens (tertiary/aromatic N) is 1. The van der Waals surface area contributed by atoms with Crippen LogP contribution in [0.25, 0.3) is 0 Å². The summed E-state index contributed by atoms with van der Waals surface area (Å²) < 4.78 is 16.8. The van der Waals surface area contributed by atoms with Crippen LogP contribution < -0.4 is 19.6 Å². The van der Waals surface area contributed by atoms with E-state index in [1.165, 1.54) is 0 Å². The Labute approximate surface area is 166 Å². The normalized spacial score (nSPS) is 10.8. The molecule has 0 unspecified atom stereocenters. The summed E-state index contributed by atoms with van der Waals surface area (Å²) in [4.78, 5) is 12.0. The van der Waals surface area contributed by atoms with E-state index in [0.717, 1.165) is 28.0 Å². The number of hydrazone groups is 1. The fourth-order valence-electron chi connectivity index (χ4n) is 2.64. The zero-order chi connectivity index (χ0) is 20.5. The highest BCUT2D eigenvalue weighted by molar-refractivity contribution is 5.83. The van der Waals surface area contributed by atoms with Gasteiger partial charge in [-0.15, -0.1) is 0 Å². The first-order chi connectivity index (χ1) is 13.5. The van der Waals surface area contributed by atoms with Crippen LogP contribution in [-0.2, 0) is 4.79 Å².